The van der Waals surface area contributed by atoms with Crippen molar-refractivity contribution < 1.29 is 23.5 Å². The SMILES string of the molecule is O=C(O)c1ccc(C(=O)c2ccoc2)o1. The number of carbonyl (C=O) groups is 2. The van der Waals surface area contributed by atoms with Gasteiger partial charge in [0.1, 0.15) is 6.26 Å². The fraction of sp³-hybridized carbons (Fsp3) is 0. The van der Waals surface area contributed by atoms with Crippen LogP contribution in [-0.4, -0.2) is 16.9 Å². The summed E-state index contributed by atoms with van der Waals surface area (Å²) in [4.78, 5) is 22.1. The van der Waals surface area contributed by atoms with Crippen LogP contribution in [0.3, 0.4) is 0 Å². The van der Waals surface area contributed by atoms with Crippen LogP contribution in [-0.2, 0) is 0 Å². The Labute approximate surface area is 83.9 Å². The zero-order valence-corrected chi connectivity index (χ0v) is 7.47. The van der Waals surface area contributed by atoms with Gasteiger partial charge in [0.25, 0.3) is 0 Å². The molecule has 76 valence electrons. The molecule has 0 aliphatic carbocycles. The fourth-order valence-corrected chi connectivity index (χ4v) is 1.11. The highest BCUT2D eigenvalue weighted by Gasteiger charge is 2.16. The first-order chi connectivity index (χ1) is 7.18. The van der Waals surface area contributed by atoms with Gasteiger partial charge in [0.15, 0.2) is 5.76 Å². The van der Waals surface area contributed by atoms with Gasteiger partial charge in [-0.2, -0.15) is 0 Å². The highest BCUT2D eigenvalue weighted by molar-refractivity contribution is 6.07. The van der Waals surface area contributed by atoms with E-state index in [2.05, 4.69) is 0 Å². The topological polar surface area (TPSA) is 80.6 Å². The Morgan fingerprint density at radius 2 is 1.87 bits per heavy atom. The predicted octanol–water partition coefficient (Wildman–Crippen LogP) is 1.80. The van der Waals surface area contributed by atoms with Crippen LogP contribution in [0.4, 0.5) is 0 Å². The van der Waals surface area contributed by atoms with Gasteiger partial charge in [-0.25, -0.2) is 4.79 Å². The van der Waals surface area contributed by atoms with Crippen LogP contribution in [0.1, 0.15) is 26.7 Å². The number of ketones is 1. The molecule has 5 heteroatoms. The normalized spacial score (nSPS) is 10.1. The van der Waals surface area contributed by atoms with Crippen LogP contribution in [0.5, 0.6) is 0 Å². The van der Waals surface area contributed by atoms with Crippen molar-refractivity contribution in [2.75, 3.05) is 0 Å². The van der Waals surface area contributed by atoms with E-state index in [9.17, 15) is 9.59 Å². The third kappa shape index (κ3) is 1.67. The molecular weight excluding hydrogens is 200 g/mol. The molecule has 0 aliphatic rings. The van der Waals surface area contributed by atoms with Crippen molar-refractivity contribution in [2.45, 2.75) is 0 Å². The lowest BCUT2D eigenvalue weighted by molar-refractivity contribution is 0.0660. The molecule has 0 fully saturated rings. The Morgan fingerprint density at radius 3 is 2.40 bits per heavy atom. The molecule has 0 unspecified atom stereocenters. The lowest BCUT2D eigenvalue weighted by Gasteiger charge is -1.90. The largest absolute Gasteiger partial charge is 0.475 e. The van der Waals surface area contributed by atoms with E-state index in [4.69, 9.17) is 13.9 Å². The molecule has 15 heavy (non-hydrogen) atoms. The molecule has 0 saturated carbocycles. The first-order valence-corrected chi connectivity index (χ1v) is 4.08. The van der Waals surface area contributed by atoms with Gasteiger partial charge in [-0.3, -0.25) is 4.79 Å². The molecule has 2 heterocycles. The van der Waals surface area contributed by atoms with Crippen LogP contribution < -0.4 is 0 Å². The summed E-state index contributed by atoms with van der Waals surface area (Å²) in [6, 6.07) is 4.03. The number of aromatic carboxylic acids is 1. The number of carboxylic acids is 1. The average molecular weight is 206 g/mol. The summed E-state index contributed by atoms with van der Waals surface area (Å²) in [6.45, 7) is 0. The average Bonchev–Trinajstić information content (AvgIpc) is 2.88. The third-order valence-corrected chi connectivity index (χ3v) is 1.82. The van der Waals surface area contributed by atoms with E-state index in [1.165, 1.54) is 30.7 Å². The van der Waals surface area contributed by atoms with Gasteiger partial charge in [0.05, 0.1) is 11.8 Å². The van der Waals surface area contributed by atoms with E-state index in [-0.39, 0.29) is 11.5 Å². The van der Waals surface area contributed by atoms with Crippen molar-refractivity contribution in [2.24, 2.45) is 0 Å². The summed E-state index contributed by atoms with van der Waals surface area (Å²) < 4.78 is 9.57. The first-order valence-electron chi connectivity index (χ1n) is 4.08. The zero-order chi connectivity index (χ0) is 10.8. The molecule has 0 aromatic carbocycles. The Bertz CT molecular complexity index is 492. The van der Waals surface area contributed by atoms with Crippen LogP contribution in [0.15, 0.2) is 39.6 Å². The zero-order valence-electron chi connectivity index (χ0n) is 7.47. The molecule has 0 spiro atoms. The molecule has 5 nitrogen and oxygen atoms in total. The second-order valence-electron chi connectivity index (χ2n) is 2.81. The number of carbonyl (C=O) groups excluding carboxylic acids is 1. The van der Waals surface area contributed by atoms with Crippen molar-refractivity contribution >= 4 is 11.8 Å². The van der Waals surface area contributed by atoms with Crippen LogP contribution in [0.25, 0.3) is 0 Å². The van der Waals surface area contributed by atoms with Gasteiger partial charge < -0.3 is 13.9 Å². The summed E-state index contributed by atoms with van der Waals surface area (Å²) >= 11 is 0. The maximum atomic E-state index is 11.6. The van der Waals surface area contributed by atoms with Crippen molar-refractivity contribution in [1.29, 1.82) is 0 Å². The minimum Gasteiger partial charge on any atom is -0.475 e. The third-order valence-electron chi connectivity index (χ3n) is 1.82. The molecule has 0 saturated heterocycles. The maximum absolute atomic E-state index is 11.6. The number of hydrogen-bond acceptors (Lipinski definition) is 4. The number of furan rings is 2. The quantitative estimate of drug-likeness (QED) is 0.774. The van der Waals surface area contributed by atoms with Gasteiger partial charge in [-0.15, -0.1) is 0 Å². The van der Waals surface area contributed by atoms with Crippen molar-refractivity contribution in [3.63, 3.8) is 0 Å². The van der Waals surface area contributed by atoms with Gasteiger partial charge in [-0.1, -0.05) is 0 Å². The molecule has 1 N–H and O–H groups in total. The van der Waals surface area contributed by atoms with Gasteiger partial charge in [0.2, 0.25) is 11.5 Å². The molecule has 0 radical (unpaired) electrons. The number of hydrogen-bond donors (Lipinski definition) is 1. The summed E-state index contributed by atoms with van der Waals surface area (Å²) in [5.41, 5.74) is 0.321. The Balaban J connectivity index is 2.31. The molecule has 2 aromatic heterocycles. The van der Waals surface area contributed by atoms with E-state index in [1.54, 1.807) is 0 Å². The van der Waals surface area contributed by atoms with Crippen LogP contribution >= 0.6 is 0 Å². The predicted molar refractivity (Wildman–Crippen MR) is 47.8 cm³/mol. The van der Waals surface area contributed by atoms with Crippen molar-refractivity contribution in [3.8, 4) is 0 Å². The molecular formula is C10H6O5. The molecule has 0 atom stereocenters. The van der Waals surface area contributed by atoms with Crippen LogP contribution in [0.2, 0.25) is 0 Å². The Hall–Kier alpha value is -2.30. The highest BCUT2D eigenvalue weighted by atomic mass is 16.4. The molecule has 0 aliphatic heterocycles. The van der Waals surface area contributed by atoms with E-state index in [1.807, 2.05) is 0 Å². The van der Waals surface area contributed by atoms with Crippen LogP contribution in [0, 0.1) is 0 Å². The number of carboxylic acid groups (broad SMARTS) is 1. The van der Waals surface area contributed by atoms with Gasteiger partial charge >= 0.3 is 5.97 Å². The molecule has 0 bridgehead atoms. The smallest absolute Gasteiger partial charge is 0.371 e. The molecule has 0 amide bonds. The Morgan fingerprint density at radius 1 is 1.13 bits per heavy atom. The molecule has 2 aromatic rings. The van der Waals surface area contributed by atoms with Crippen molar-refractivity contribution in [1.82, 2.24) is 0 Å². The summed E-state index contributed by atoms with van der Waals surface area (Å²) in [6.07, 6.45) is 2.62. The minimum atomic E-state index is -1.21. The highest BCUT2D eigenvalue weighted by Crippen LogP contribution is 2.13. The fourth-order valence-electron chi connectivity index (χ4n) is 1.11. The maximum Gasteiger partial charge on any atom is 0.371 e. The first kappa shape index (κ1) is 9.26. The summed E-state index contributed by atoms with van der Waals surface area (Å²) in [5, 5.41) is 8.59. The summed E-state index contributed by atoms with van der Waals surface area (Å²) in [7, 11) is 0. The second kappa shape index (κ2) is 3.45. The van der Waals surface area contributed by atoms with Gasteiger partial charge in [0, 0.05) is 0 Å². The van der Waals surface area contributed by atoms with E-state index in [0.717, 1.165) is 0 Å². The lowest BCUT2D eigenvalue weighted by Crippen LogP contribution is -1.98. The lowest BCUT2D eigenvalue weighted by atomic mass is 10.2. The number of rotatable bonds is 3. The monoisotopic (exact) mass is 206 g/mol. The van der Waals surface area contributed by atoms with E-state index in [0.29, 0.717) is 5.56 Å². The standard InChI is InChI=1S/C10H6O5/c11-9(6-3-4-14-5-6)7-1-2-8(15-7)10(12)13/h1-5H,(H,12,13). The van der Waals surface area contributed by atoms with Crippen molar-refractivity contribution in [3.05, 3.63) is 47.8 Å². The molecule has 2 rings (SSSR count). The van der Waals surface area contributed by atoms with E-state index < -0.39 is 11.8 Å². The van der Waals surface area contributed by atoms with E-state index >= 15 is 0 Å². The minimum absolute atomic E-state index is 0.0196. The summed E-state index contributed by atoms with van der Waals surface area (Å²) in [5.74, 6) is -1.90. The second-order valence-corrected chi connectivity index (χ2v) is 2.81. The Kier molecular flexibility index (Phi) is 2.13. The van der Waals surface area contributed by atoms with Gasteiger partial charge in [-0.05, 0) is 18.2 Å².